The van der Waals surface area contributed by atoms with Gasteiger partial charge in [-0.15, -0.1) is 0 Å². The van der Waals surface area contributed by atoms with E-state index in [1.54, 1.807) is 12.4 Å². The number of imidazole rings is 2. The highest BCUT2D eigenvalue weighted by molar-refractivity contribution is 5.87. The highest BCUT2D eigenvalue weighted by Crippen LogP contribution is 2.37. The van der Waals surface area contributed by atoms with E-state index in [-0.39, 0.29) is 41.8 Å². The first-order valence-corrected chi connectivity index (χ1v) is 19.0. The van der Waals surface area contributed by atoms with Crippen LogP contribution in [0.15, 0.2) is 60.9 Å². The molecule has 4 aromatic rings. The third-order valence-electron chi connectivity index (χ3n) is 10.2. The summed E-state index contributed by atoms with van der Waals surface area (Å²) in [5, 5.41) is 8.39. The Morgan fingerprint density at radius 1 is 0.745 bits per heavy atom. The smallest absolute Gasteiger partial charge is 0.407 e. The number of carbonyl (C=O) groups is 4. The van der Waals surface area contributed by atoms with Crippen molar-refractivity contribution in [3.8, 4) is 33.6 Å². The lowest BCUT2D eigenvalue weighted by Crippen LogP contribution is -2.52. The third kappa shape index (κ3) is 9.53. The zero-order chi connectivity index (χ0) is 39.8. The first-order chi connectivity index (χ1) is 26.3. The van der Waals surface area contributed by atoms with Crippen LogP contribution in [0.25, 0.3) is 33.6 Å². The lowest BCUT2D eigenvalue weighted by molar-refractivity contribution is -0.137. The van der Waals surface area contributed by atoms with Gasteiger partial charge < -0.3 is 40.3 Å². The summed E-state index contributed by atoms with van der Waals surface area (Å²) in [5.74, 6) is 0.659. The molecule has 0 aliphatic carbocycles. The Hall–Kier alpha value is -5.66. The van der Waals surface area contributed by atoms with Crippen LogP contribution in [0.3, 0.4) is 0 Å². The lowest BCUT2D eigenvalue weighted by Gasteiger charge is -2.32. The minimum absolute atomic E-state index is 0.000707. The molecule has 2 aromatic carbocycles. The number of likely N-dealkylation sites (tertiary alicyclic amines) is 1. The fourth-order valence-corrected chi connectivity index (χ4v) is 7.03. The quantitative estimate of drug-likeness (QED) is 0.0921. The number of amides is 4. The van der Waals surface area contributed by atoms with Crippen molar-refractivity contribution in [2.45, 2.75) is 97.4 Å². The van der Waals surface area contributed by atoms with Gasteiger partial charge in [0.2, 0.25) is 11.8 Å². The molecule has 1 fully saturated rings. The first kappa shape index (κ1) is 40.5. The van der Waals surface area contributed by atoms with E-state index >= 15 is 0 Å². The minimum atomic E-state index is -0.745. The van der Waals surface area contributed by atoms with Crippen LogP contribution in [0.5, 0.6) is 0 Å². The number of ether oxygens (including phenoxy) is 2. The summed E-state index contributed by atoms with van der Waals surface area (Å²) < 4.78 is 9.48. The minimum Gasteiger partial charge on any atom is -0.453 e. The van der Waals surface area contributed by atoms with Crippen LogP contribution < -0.4 is 16.0 Å². The Kier molecular flexibility index (Phi) is 13.3. The van der Waals surface area contributed by atoms with Gasteiger partial charge in [-0.3, -0.25) is 9.59 Å². The van der Waals surface area contributed by atoms with Crippen LogP contribution in [0.2, 0.25) is 0 Å². The van der Waals surface area contributed by atoms with Gasteiger partial charge in [0.15, 0.2) is 0 Å². The number of aromatic nitrogens is 4. The van der Waals surface area contributed by atoms with Crippen LogP contribution in [0.1, 0.15) is 91.0 Å². The van der Waals surface area contributed by atoms with Gasteiger partial charge in [-0.1, -0.05) is 89.6 Å². The van der Waals surface area contributed by atoms with E-state index < -0.39 is 24.3 Å². The molecule has 0 unspecified atom stereocenters. The molecule has 55 heavy (non-hydrogen) atoms. The van der Waals surface area contributed by atoms with Gasteiger partial charge in [0, 0.05) is 6.04 Å². The Balaban J connectivity index is 1.26. The van der Waals surface area contributed by atoms with Gasteiger partial charge in [-0.05, 0) is 60.3 Å². The maximum absolute atomic E-state index is 13.7. The molecule has 3 heterocycles. The van der Waals surface area contributed by atoms with Gasteiger partial charge in [0.05, 0.1) is 50.1 Å². The second-order valence-corrected chi connectivity index (χ2v) is 14.8. The van der Waals surface area contributed by atoms with E-state index in [4.69, 9.17) is 14.5 Å². The number of hydrogen-bond donors (Lipinski definition) is 5. The molecule has 0 saturated carbocycles. The molecule has 4 amide bonds. The number of carbonyl (C=O) groups excluding carboxylic acids is 4. The summed E-state index contributed by atoms with van der Waals surface area (Å²) in [5.41, 5.74) is 5.69. The molecular formula is C41H54N8O6. The number of methoxy groups -OCH3 is 2. The number of nitrogens with zero attached hydrogens (tertiary/aromatic N) is 3. The van der Waals surface area contributed by atoms with Crippen LogP contribution in [-0.4, -0.2) is 81.2 Å². The molecule has 1 aliphatic heterocycles. The molecule has 294 valence electrons. The van der Waals surface area contributed by atoms with Crippen molar-refractivity contribution in [3.63, 3.8) is 0 Å². The number of alkyl carbamates (subject to hydrolysis) is 2. The van der Waals surface area contributed by atoms with E-state index in [2.05, 4.69) is 55.2 Å². The molecule has 5 atom stereocenters. The van der Waals surface area contributed by atoms with Crippen molar-refractivity contribution in [2.24, 2.45) is 11.8 Å². The van der Waals surface area contributed by atoms with Crippen LogP contribution in [0.4, 0.5) is 9.59 Å². The van der Waals surface area contributed by atoms with Crippen LogP contribution in [0, 0.1) is 11.8 Å². The normalized spacial score (nSPS) is 17.1. The van der Waals surface area contributed by atoms with E-state index in [9.17, 15) is 19.2 Å². The predicted octanol–water partition coefficient (Wildman–Crippen LogP) is 6.90. The summed E-state index contributed by atoms with van der Waals surface area (Å²) in [6.45, 7) is 11.6. The Morgan fingerprint density at radius 2 is 1.25 bits per heavy atom. The molecule has 5 N–H and O–H groups in total. The maximum Gasteiger partial charge on any atom is 0.407 e. The summed E-state index contributed by atoms with van der Waals surface area (Å²) in [7, 11) is 2.56. The molecule has 0 spiro atoms. The highest BCUT2D eigenvalue weighted by atomic mass is 16.5. The average molecular weight is 755 g/mol. The van der Waals surface area contributed by atoms with Gasteiger partial charge in [0.25, 0.3) is 0 Å². The number of rotatable bonds is 14. The fourth-order valence-electron chi connectivity index (χ4n) is 7.03. The second kappa shape index (κ2) is 18.1. The van der Waals surface area contributed by atoms with Crippen molar-refractivity contribution >= 4 is 24.0 Å². The monoisotopic (exact) mass is 754 g/mol. The van der Waals surface area contributed by atoms with Crippen LogP contribution in [-0.2, 0) is 19.1 Å². The largest absolute Gasteiger partial charge is 0.453 e. The molecule has 14 nitrogen and oxygen atoms in total. The lowest BCUT2D eigenvalue weighted by atomic mass is 10.0. The van der Waals surface area contributed by atoms with Crippen molar-refractivity contribution in [3.05, 3.63) is 72.6 Å². The zero-order valence-corrected chi connectivity index (χ0v) is 32.9. The van der Waals surface area contributed by atoms with Gasteiger partial charge >= 0.3 is 12.2 Å². The second-order valence-electron chi connectivity index (χ2n) is 14.8. The summed E-state index contributed by atoms with van der Waals surface area (Å²) in [6, 6.07) is 14.4. The first-order valence-electron chi connectivity index (χ1n) is 19.0. The van der Waals surface area contributed by atoms with Crippen molar-refractivity contribution in [2.75, 3.05) is 14.2 Å². The number of aromatic amines is 2. The van der Waals surface area contributed by atoms with E-state index in [1.165, 1.54) is 14.2 Å². The van der Waals surface area contributed by atoms with Gasteiger partial charge in [-0.2, -0.15) is 0 Å². The fraction of sp³-hybridized carbons (Fsp3) is 0.463. The average Bonchev–Trinajstić information content (AvgIpc) is 3.96. The Bertz CT molecular complexity index is 1920. The molecule has 1 aliphatic rings. The van der Waals surface area contributed by atoms with E-state index in [0.717, 1.165) is 52.9 Å². The maximum atomic E-state index is 13.7. The molecule has 5 rings (SSSR count). The van der Waals surface area contributed by atoms with Crippen LogP contribution >= 0.6 is 0 Å². The number of nitrogens with one attached hydrogen (secondary N) is 5. The SMILES string of the molecule is CCC[C@H](NC(=O)[C@@H](NC(=O)OC)C(C)C)c1ncc(-c2ccc(-c3ccc(-c4cnc([C@@H]5CC[C@H](C)N5C(=O)[C@@H](NC(=O)OC)C(C)C)[nH]4)cc3)cc2)[nH]1. The molecule has 2 aromatic heterocycles. The molecular weight excluding hydrogens is 701 g/mol. The standard InChI is InChI=1S/C41H54N8O6/c1-9-10-30(46-38(50)34(23(2)3)47-40(52)54-7)36-42-21-31(44-36)28-16-12-26(13-17-28)27-14-18-29(19-15-27)32-22-43-37(45-32)33-20-11-25(6)49(33)39(51)35(24(4)5)48-41(53)55-8/h12-19,21-25,30,33-35H,9-11,20H2,1-8H3,(H,42,44)(H,43,45)(H,46,50)(H,47,52)(H,48,53)/t25-,30-,33-,34-,35-/m0/s1. The molecule has 0 radical (unpaired) electrons. The Morgan fingerprint density at radius 3 is 1.78 bits per heavy atom. The number of benzene rings is 2. The molecule has 1 saturated heterocycles. The van der Waals surface area contributed by atoms with Crippen molar-refractivity contribution in [1.29, 1.82) is 0 Å². The van der Waals surface area contributed by atoms with Crippen molar-refractivity contribution < 1.29 is 28.7 Å². The summed E-state index contributed by atoms with van der Waals surface area (Å²) in [6.07, 6.45) is 5.37. The number of hydrogen-bond acceptors (Lipinski definition) is 8. The third-order valence-corrected chi connectivity index (χ3v) is 10.2. The highest BCUT2D eigenvalue weighted by Gasteiger charge is 2.41. The molecule has 14 heteroatoms. The van der Waals surface area contributed by atoms with E-state index in [1.807, 2.05) is 70.7 Å². The summed E-state index contributed by atoms with van der Waals surface area (Å²) >= 11 is 0. The zero-order valence-electron chi connectivity index (χ0n) is 32.9. The number of H-pyrrole nitrogens is 2. The predicted molar refractivity (Wildman–Crippen MR) is 209 cm³/mol. The summed E-state index contributed by atoms with van der Waals surface area (Å²) in [4.78, 5) is 68.7. The van der Waals surface area contributed by atoms with Gasteiger partial charge in [0.1, 0.15) is 23.7 Å². The van der Waals surface area contributed by atoms with Crippen molar-refractivity contribution in [1.82, 2.24) is 40.8 Å². The molecule has 0 bridgehead atoms. The topological polar surface area (TPSA) is 183 Å². The van der Waals surface area contributed by atoms with E-state index in [0.29, 0.717) is 18.1 Å². The Labute approximate surface area is 322 Å². The van der Waals surface area contributed by atoms with Gasteiger partial charge in [-0.25, -0.2) is 19.6 Å².